The maximum absolute atomic E-state index is 10.2. The first kappa shape index (κ1) is 33.9. The molecule has 4 heteroatoms. The fourth-order valence-electron chi connectivity index (χ4n) is 7.68. The SMILES string of the molecule is [C-]#[N+]C(C#N)=C1c2cc(-c3ccc(N(c4ccccc4)c4ccccc4)cc3)ccc2-c2ccc(-c3ccc(N(c4ccccc4)c4ccccc4)cc3)cc21. The molecule has 4 nitrogen and oxygen atoms in total. The molecule has 0 spiro atoms. The van der Waals surface area contributed by atoms with E-state index in [4.69, 9.17) is 6.57 Å². The van der Waals surface area contributed by atoms with Crippen molar-refractivity contribution in [1.29, 1.82) is 5.26 Å². The molecule has 0 fully saturated rings. The lowest BCUT2D eigenvalue weighted by atomic mass is 9.96. The van der Waals surface area contributed by atoms with Crippen LogP contribution in [0.1, 0.15) is 11.1 Å². The second-order valence-corrected chi connectivity index (χ2v) is 13.6. The summed E-state index contributed by atoms with van der Waals surface area (Å²) in [5.74, 6) is 0. The van der Waals surface area contributed by atoms with Crippen LogP contribution in [0.3, 0.4) is 0 Å². The minimum absolute atomic E-state index is 0.0905. The Bertz CT molecular complexity index is 2510. The lowest BCUT2D eigenvalue weighted by Gasteiger charge is -2.25. The van der Waals surface area contributed by atoms with Gasteiger partial charge in [-0.25, -0.2) is 10.1 Å². The van der Waals surface area contributed by atoms with Gasteiger partial charge in [0.25, 0.3) is 5.70 Å². The number of nitriles is 1. The molecular formula is C52H34N4. The third kappa shape index (κ3) is 6.28. The van der Waals surface area contributed by atoms with Crippen LogP contribution in [0.5, 0.6) is 0 Å². The van der Waals surface area contributed by atoms with Crippen molar-refractivity contribution >= 4 is 39.7 Å². The Labute approximate surface area is 327 Å². The van der Waals surface area contributed by atoms with Gasteiger partial charge in [0.1, 0.15) is 0 Å². The van der Waals surface area contributed by atoms with E-state index in [9.17, 15) is 5.26 Å². The fraction of sp³-hybridized carbons (Fsp3) is 0. The Morgan fingerprint density at radius 1 is 0.375 bits per heavy atom. The fourth-order valence-corrected chi connectivity index (χ4v) is 7.68. The van der Waals surface area contributed by atoms with E-state index in [1.165, 1.54) is 0 Å². The van der Waals surface area contributed by atoms with Gasteiger partial charge in [0, 0.05) is 39.7 Å². The summed E-state index contributed by atoms with van der Waals surface area (Å²) in [4.78, 5) is 8.21. The molecule has 0 unspecified atom stereocenters. The Morgan fingerprint density at radius 3 is 0.982 bits per heavy atom. The highest BCUT2D eigenvalue weighted by atomic mass is 15.1. The highest BCUT2D eigenvalue weighted by molar-refractivity contribution is 6.05. The van der Waals surface area contributed by atoms with E-state index in [-0.39, 0.29) is 5.70 Å². The van der Waals surface area contributed by atoms with E-state index in [1.54, 1.807) is 0 Å². The standard InChI is InChI=1S/C52H34N4/c1-54-51(36-53)52-49-34-39(37-22-28-45(29-23-37)55(41-14-6-2-7-15-41)42-16-8-3-9-17-42)26-32-47(49)48-33-27-40(35-50(48)52)38-24-30-46(31-25-38)56(43-18-10-4-11-19-43)44-20-12-5-13-21-44/h2-35H. The molecule has 0 heterocycles. The van der Waals surface area contributed by atoms with E-state index in [2.05, 4.69) is 203 Å². The monoisotopic (exact) mass is 714 g/mol. The van der Waals surface area contributed by atoms with E-state index >= 15 is 0 Å². The predicted molar refractivity (Wildman–Crippen MR) is 230 cm³/mol. The van der Waals surface area contributed by atoms with E-state index in [1.807, 2.05) is 24.3 Å². The number of hydrogen-bond acceptors (Lipinski definition) is 3. The summed E-state index contributed by atoms with van der Waals surface area (Å²) >= 11 is 0. The van der Waals surface area contributed by atoms with E-state index in [0.29, 0.717) is 5.57 Å². The molecule has 0 saturated heterocycles. The Morgan fingerprint density at radius 2 is 0.679 bits per heavy atom. The molecule has 8 aromatic rings. The molecule has 0 radical (unpaired) electrons. The predicted octanol–water partition coefficient (Wildman–Crippen LogP) is 14.1. The van der Waals surface area contributed by atoms with Crippen LogP contribution in [-0.4, -0.2) is 0 Å². The summed E-state index contributed by atoms with van der Waals surface area (Å²) in [6, 6.07) is 73.6. The number of anilines is 6. The molecule has 0 atom stereocenters. The third-order valence-corrected chi connectivity index (χ3v) is 10.3. The smallest absolute Gasteiger partial charge is 0.270 e. The number of nitrogens with zero attached hydrogens (tertiary/aromatic N) is 4. The van der Waals surface area contributed by atoms with Gasteiger partial charge in [-0.15, -0.1) is 0 Å². The Hall–Kier alpha value is -7.92. The van der Waals surface area contributed by atoms with Crippen molar-refractivity contribution in [3.63, 3.8) is 0 Å². The number of fused-ring (bicyclic) bond motifs is 3. The third-order valence-electron chi connectivity index (χ3n) is 10.3. The summed E-state index contributed by atoms with van der Waals surface area (Å²) in [5, 5.41) is 10.2. The quantitative estimate of drug-likeness (QED) is 0.116. The minimum Gasteiger partial charge on any atom is -0.311 e. The van der Waals surface area contributed by atoms with Gasteiger partial charge in [0.15, 0.2) is 0 Å². The highest BCUT2D eigenvalue weighted by Crippen LogP contribution is 2.49. The van der Waals surface area contributed by atoms with Crippen molar-refractivity contribution in [2.75, 3.05) is 9.80 Å². The minimum atomic E-state index is 0.0905. The average Bonchev–Trinajstić information content (AvgIpc) is 3.59. The number of para-hydroxylation sites is 4. The van der Waals surface area contributed by atoms with Crippen molar-refractivity contribution in [2.45, 2.75) is 0 Å². The number of allylic oxidation sites excluding steroid dienone is 1. The Kier molecular flexibility index (Phi) is 8.98. The first-order chi connectivity index (χ1) is 27.7. The lowest BCUT2D eigenvalue weighted by molar-refractivity contribution is 1.28. The molecule has 0 N–H and O–H groups in total. The van der Waals surface area contributed by atoms with Gasteiger partial charge < -0.3 is 9.80 Å². The van der Waals surface area contributed by atoms with Crippen molar-refractivity contribution in [3.05, 3.63) is 234 Å². The largest absolute Gasteiger partial charge is 0.311 e. The summed E-state index contributed by atoms with van der Waals surface area (Å²) in [5.41, 5.74) is 15.2. The van der Waals surface area contributed by atoms with Crippen molar-refractivity contribution < 1.29 is 0 Å². The van der Waals surface area contributed by atoms with Gasteiger partial charge in [0.2, 0.25) is 0 Å². The van der Waals surface area contributed by atoms with Gasteiger partial charge in [0.05, 0.1) is 12.6 Å². The van der Waals surface area contributed by atoms with Crippen molar-refractivity contribution in [3.8, 4) is 39.4 Å². The van der Waals surface area contributed by atoms with Crippen LogP contribution < -0.4 is 9.80 Å². The lowest BCUT2D eigenvalue weighted by Crippen LogP contribution is -2.09. The molecule has 9 rings (SSSR count). The van der Waals surface area contributed by atoms with Crippen LogP contribution in [0.4, 0.5) is 34.1 Å². The second kappa shape index (κ2) is 14.8. The van der Waals surface area contributed by atoms with Gasteiger partial charge >= 0.3 is 0 Å². The first-order valence-electron chi connectivity index (χ1n) is 18.5. The molecule has 0 aliphatic heterocycles. The zero-order valence-corrected chi connectivity index (χ0v) is 30.4. The number of benzene rings is 8. The number of hydrogen-bond donors (Lipinski definition) is 0. The average molecular weight is 715 g/mol. The zero-order valence-electron chi connectivity index (χ0n) is 30.4. The van der Waals surface area contributed by atoms with Crippen molar-refractivity contribution in [2.24, 2.45) is 0 Å². The molecular weight excluding hydrogens is 681 g/mol. The topological polar surface area (TPSA) is 34.6 Å². The van der Waals surface area contributed by atoms with Gasteiger partial charge in [-0.3, -0.25) is 0 Å². The van der Waals surface area contributed by atoms with Gasteiger partial charge in [-0.1, -0.05) is 121 Å². The zero-order chi connectivity index (χ0) is 37.8. The maximum Gasteiger partial charge on any atom is 0.270 e. The van der Waals surface area contributed by atoms with Gasteiger partial charge in [-0.2, -0.15) is 0 Å². The van der Waals surface area contributed by atoms with E-state index < -0.39 is 0 Å². The second-order valence-electron chi connectivity index (χ2n) is 13.6. The van der Waals surface area contributed by atoms with Crippen LogP contribution >= 0.6 is 0 Å². The maximum atomic E-state index is 10.2. The van der Waals surface area contributed by atoms with Crippen LogP contribution in [-0.2, 0) is 0 Å². The Balaban J connectivity index is 1.06. The van der Waals surface area contributed by atoms with Crippen LogP contribution in [0.25, 0.3) is 43.8 Å². The van der Waals surface area contributed by atoms with Gasteiger partial charge in [-0.05, 0) is 129 Å². The van der Waals surface area contributed by atoms with E-state index in [0.717, 1.165) is 78.6 Å². The molecule has 8 aromatic carbocycles. The molecule has 1 aliphatic carbocycles. The molecule has 56 heavy (non-hydrogen) atoms. The summed E-state index contributed by atoms with van der Waals surface area (Å²) < 4.78 is 0. The summed E-state index contributed by atoms with van der Waals surface area (Å²) in [6.45, 7) is 7.99. The number of rotatable bonds is 8. The van der Waals surface area contributed by atoms with Crippen molar-refractivity contribution in [1.82, 2.24) is 0 Å². The normalized spacial score (nSPS) is 11.1. The highest BCUT2D eigenvalue weighted by Gasteiger charge is 2.28. The molecule has 262 valence electrons. The van der Waals surface area contributed by atoms with Crippen LogP contribution in [0, 0.1) is 17.9 Å². The first-order valence-corrected chi connectivity index (χ1v) is 18.5. The summed E-state index contributed by atoms with van der Waals surface area (Å²) in [6.07, 6.45) is 0. The van der Waals surface area contributed by atoms with Crippen LogP contribution in [0.15, 0.2) is 212 Å². The van der Waals surface area contributed by atoms with Crippen LogP contribution in [0.2, 0.25) is 0 Å². The molecule has 0 bridgehead atoms. The molecule has 1 aliphatic rings. The molecule has 0 amide bonds. The molecule has 0 aromatic heterocycles. The molecule has 0 saturated carbocycles. The summed E-state index contributed by atoms with van der Waals surface area (Å²) in [7, 11) is 0.